The number of hydrogen-bond donors (Lipinski definition) is 3. The highest BCUT2D eigenvalue weighted by atomic mass is 16.2. The molecule has 3 N–H and O–H groups in total. The first-order valence-corrected chi connectivity index (χ1v) is 10.0. The highest BCUT2D eigenvalue weighted by molar-refractivity contribution is 6.05. The van der Waals surface area contributed by atoms with Crippen LogP contribution in [-0.4, -0.2) is 21.8 Å². The van der Waals surface area contributed by atoms with Crippen molar-refractivity contribution in [2.45, 2.75) is 6.92 Å². The van der Waals surface area contributed by atoms with Crippen LogP contribution in [-0.2, 0) is 4.79 Å². The van der Waals surface area contributed by atoms with Crippen LogP contribution in [0.15, 0.2) is 91.3 Å². The van der Waals surface area contributed by atoms with Crippen molar-refractivity contribution in [3.05, 3.63) is 96.8 Å². The van der Waals surface area contributed by atoms with Crippen molar-refractivity contribution in [3.8, 4) is 11.1 Å². The van der Waals surface area contributed by atoms with Gasteiger partial charge in [-0.3, -0.25) is 9.59 Å². The average Bonchev–Trinajstić information content (AvgIpc) is 2.80. The van der Waals surface area contributed by atoms with E-state index in [-0.39, 0.29) is 11.8 Å². The van der Waals surface area contributed by atoms with Gasteiger partial charge in [-0.25, -0.2) is 9.97 Å². The molecule has 158 valence electrons. The average molecular weight is 423 g/mol. The number of nitrogens with zero attached hydrogens (tertiary/aromatic N) is 2. The van der Waals surface area contributed by atoms with Gasteiger partial charge in [-0.15, -0.1) is 0 Å². The van der Waals surface area contributed by atoms with Gasteiger partial charge in [-0.2, -0.15) is 0 Å². The number of carbonyl (C=O) groups excluding carboxylic acids is 2. The maximum atomic E-state index is 12.7. The van der Waals surface area contributed by atoms with E-state index < -0.39 is 0 Å². The molecule has 0 atom stereocenters. The molecule has 0 fully saturated rings. The van der Waals surface area contributed by atoms with Gasteiger partial charge >= 0.3 is 0 Å². The van der Waals surface area contributed by atoms with Gasteiger partial charge in [-0.1, -0.05) is 24.3 Å². The first-order valence-electron chi connectivity index (χ1n) is 10.0. The standard InChI is InChI=1S/C25H21N5O2/c1-17(31)28-22-9-5-6-20(14-22)25(32)30-24-16-19(11-13-27-24)18-10-12-26-23(15-18)29-21-7-3-2-4-8-21/h2-16H,1H3,(H,26,29)(H,28,31)(H,27,30,32). The van der Waals surface area contributed by atoms with Gasteiger partial charge in [-0.05, 0) is 65.7 Å². The van der Waals surface area contributed by atoms with E-state index in [0.717, 1.165) is 16.8 Å². The molecule has 2 aromatic carbocycles. The zero-order chi connectivity index (χ0) is 22.3. The lowest BCUT2D eigenvalue weighted by molar-refractivity contribution is -0.114. The molecule has 32 heavy (non-hydrogen) atoms. The SMILES string of the molecule is CC(=O)Nc1cccc(C(=O)Nc2cc(-c3ccnc(Nc4ccccc4)c3)ccn2)c1. The van der Waals surface area contributed by atoms with Crippen LogP contribution in [0.3, 0.4) is 0 Å². The Morgan fingerprint density at radius 1 is 0.688 bits per heavy atom. The molecule has 0 aliphatic carbocycles. The van der Waals surface area contributed by atoms with E-state index in [0.29, 0.717) is 22.9 Å². The fraction of sp³-hybridized carbons (Fsp3) is 0.0400. The number of nitrogens with one attached hydrogen (secondary N) is 3. The zero-order valence-corrected chi connectivity index (χ0v) is 17.4. The third kappa shape index (κ3) is 5.34. The van der Waals surface area contributed by atoms with E-state index >= 15 is 0 Å². The fourth-order valence-electron chi connectivity index (χ4n) is 3.16. The number of amides is 2. The Bertz CT molecular complexity index is 1260. The lowest BCUT2D eigenvalue weighted by atomic mass is 10.1. The second-order valence-corrected chi connectivity index (χ2v) is 7.07. The van der Waals surface area contributed by atoms with E-state index in [4.69, 9.17) is 0 Å². The van der Waals surface area contributed by atoms with Crippen LogP contribution in [0.2, 0.25) is 0 Å². The van der Waals surface area contributed by atoms with Crippen LogP contribution in [0.1, 0.15) is 17.3 Å². The number of anilines is 4. The largest absolute Gasteiger partial charge is 0.340 e. The molecule has 4 aromatic rings. The molecule has 0 bridgehead atoms. The fourth-order valence-corrected chi connectivity index (χ4v) is 3.16. The molecule has 2 heterocycles. The summed E-state index contributed by atoms with van der Waals surface area (Å²) in [5, 5.41) is 8.75. The minimum absolute atomic E-state index is 0.199. The minimum Gasteiger partial charge on any atom is -0.340 e. The smallest absolute Gasteiger partial charge is 0.256 e. The molecule has 2 aromatic heterocycles. The first-order chi connectivity index (χ1) is 15.6. The van der Waals surface area contributed by atoms with E-state index in [1.807, 2.05) is 48.5 Å². The predicted octanol–water partition coefficient (Wildman–Crippen LogP) is 5.10. The van der Waals surface area contributed by atoms with Crippen LogP contribution >= 0.6 is 0 Å². The Hall–Kier alpha value is -4.52. The summed E-state index contributed by atoms with van der Waals surface area (Å²) in [5.41, 5.74) is 3.75. The number of benzene rings is 2. The molecule has 0 spiro atoms. The number of hydrogen-bond acceptors (Lipinski definition) is 5. The maximum Gasteiger partial charge on any atom is 0.256 e. The lowest BCUT2D eigenvalue weighted by Crippen LogP contribution is -2.14. The van der Waals surface area contributed by atoms with Gasteiger partial charge in [0.1, 0.15) is 11.6 Å². The molecular formula is C25H21N5O2. The van der Waals surface area contributed by atoms with Crippen LogP contribution in [0.25, 0.3) is 11.1 Å². The second-order valence-electron chi connectivity index (χ2n) is 7.07. The van der Waals surface area contributed by atoms with Crippen molar-refractivity contribution in [2.75, 3.05) is 16.0 Å². The summed E-state index contributed by atoms with van der Waals surface area (Å²) >= 11 is 0. The van der Waals surface area contributed by atoms with E-state index in [1.54, 1.807) is 42.7 Å². The molecule has 2 amide bonds. The summed E-state index contributed by atoms with van der Waals surface area (Å²) in [6, 6.07) is 24.0. The molecular weight excluding hydrogens is 402 g/mol. The number of aromatic nitrogens is 2. The van der Waals surface area contributed by atoms with Gasteiger partial charge in [0.2, 0.25) is 5.91 Å². The Morgan fingerprint density at radius 3 is 2.06 bits per heavy atom. The maximum absolute atomic E-state index is 12.7. The molecule has 7 nitrogen and oxygen atoms in total. The third-order valence-electron chi connectivity index (χ3n) is 4.59. The van der Waals surface area contributed by atoms with Crippen LogP contribution < -0.4 is 16.0 Å². The Kier molecular flexibility index (Phi) is 6.17. The Morgan fingerprint density at radius 2 is 1.34 bits per heavy atom. The normalized spacial score (nSPS) is 10.3. The summed E-state index contributed by atoms with van der Waals surface area (Å²) in [7, 11) is 0. The number of carbonyl (C=O) groups is 2. The summed E-state index contributed by atoms with van der Waals surface area (Å²) in [6.07, 6.45) is 3.37. The van der Waals surface area contributed by atoms with Crippen molar-refractivity contribution >= 4 is 34.8 Å². The summed E-state index contributed by atoms with van der Waals surface area (Å²) < 4.78 is 0. The number of rotatable bonds is 6. The van der Waals surface area contributed by atoms with Crippen LogP contribution in [0.5, 0.6) is 0 Å². The molecule has 0 aliphatic heterocycles. The monoisotopic (exact) mass is 423 g/mol. The third-order valence-corrected chi connectivity index (χ3v) is 4.59. The highest BCUT2D eigenvalue weighted by Crippen LogP contribution is 2.24. The van der Waals surface area contributed by atoms with Gasteiger partial charge < -0.3 is 16.0 Å². The number of para-hydroxylation sites is 1. The van der Waals surface area contributed by atoms with Gasteiger partial charge in [0.15, 0.2) is 0 Å². The first kappa shape index (κ1) is 20.7. The zero-order valence-electron chi connectivity index (χ0n) is 17.4. The quantitative estimate of drug-likeness (QED) is 0.401. The van der Waals surface area contributed by atoms with Crippen LogP contribution in [0, 0.1) is 0 Å². The van der Waals surface area contributed by atoms with Gasteiger partial charge in [0.05, 0.1) is 0 Å². The minimum atomic E-state index is -0.317. The van der Waals surface area contributed by atoms with Gasteiger partial charge in [0.25, 0.3) is 5.91 Å². The molecule has 0 unspecified atom stereocenters. The van der Waals surface area contributed by atoms with E-state index in [2.05, 4.69) is 25.9 Å². The number of pyridine rings is 2. The molecule has 0 saturated carbocycles. The van der Waals surface area contributed by atoms with Gasteiger partial charge in [0, 0.05) is 36.3 Å². The molecule has 4 rings (SSSR count). The summed E-state index contributed by atoms with van der Waals surface area (Å²) in [4.78, 5) is 32.6. The van der Waals surface area contributed by atoms with Crippen molar-refractivity contribution in [3.63, 3.8) is 0 Å². The van der Waals surface area contributed by atoms with Crippen molar-refractivity contribution < 1.29 is 9.59 Å². The molecule has 7 heteroatoms. The summed E-state index contributed by atoms with van der Waals surface area (Å²) in [6.45, 7) is 1.42. The predicted molar refractivity (Wildman–Crippen MR) is 126 cm³/mol. The van der Waals surface area contributed by atoms with Crippen molar-refractivity contribution in [2.24, 2.45) is 0 Å². The van der Waals surface area contributed by atoms with Crippen molar-refractivity contribution in [1.29, 1.82) is 0 Å². The van der Waals surface area contributed by atoms with Crippen LogP contribution in [0.4, 0.5) is 23.0 Å². The molecule has 0 aliphatic rings. The highest BCUT2D eigenvalue weighted by Gasteiger charge is 2.10. The topological polar surface area (TPSA) is 96.0 Å². The van der Waals surface area contributed by atoms with Crippen molar-refractivity contribution in [1.82, 2.24) is 9.97 Å². The lowest BCUT2D eigenvalue weighted by Gasteiger charge is -2.10. The van der Waals surface area contributed by atoms with E-state index in [9.17, 15) is 9.59 Å². The molecule has 0 radical (unpaired) electrons. The summed E-state index contributed by atoms with van der Waals surface area (Å²) in [5.74, 6) is 0.621. The second kappa shape index (κ2) is 9.53. The van der Waals surface area contributed by atoms with E-state index in [1.165, 1.54) is 6.92 Å². The molecule has 0 saturated heterocycles. The Labute approximate surface area is 185 Å². The Balaban J connectivity index is 1.51.